The van der Waals surface area contributed by atoms with Crippen molar-refractivity contribution in [1.82, 2.24) is 0 Å². The number of carbonyl (C=O) groups is 2. The molecule has 2 aliphatic rings. The molecule has 0 bridgehead atoms. The van der Waals surface area contributed by atoms with E-state index in [9.17, 15) is 14.0 Å². The van der Waals surface area contributed by atoms with Gasteiger partial charge in [0.05, 0.1) is 11.3 Å². The van der Waals surface area contributed by atoms with E-state index in [4.69, 9.17) is 9.47 Å². The van der Waals surface area contributed by atoms with E-state index in [1.165, 1.54) is 34.7 Å². The van der Waals surface area contributed by atoms with Crippen LogP contribution in [0.2, 0.25) is 0 Å². The molecule has 0 radical (unpaired) electrons. The van der Waals surface area contributed by atoms with Gasteiger partial charge in [0, 0.05) is 18.0 Å². The highest BCUT2D eigenvalue weighted by molar-refractivity contribution is 6.06. The van der Waals surface area contributed by atoms with E-state index in [0.29, 0.717) is 29.3 Å². The van der Waals surface area contributed by atoms with Crippen LogP contribution in [0.5, 0.6) is 5.75 Å². The Morgan fingerprint density at radius 3 is 2.45 bits per heavy atom. The lowest BCUT2D eigenvalue weighted by Crippen LogP contribution is -2.37. The molecule has 0 spiro atoms. The summed E-state index contributed by atoms with van der Waals surface area (Å²) in [5, 5.41) is 0. The minimum Gasteiger partial charge on any atom is -0.489 e. The average Bonchev–Trinajstić information content (AvgIpc) is 3.20. The van der Waals surface area contributed by atoms with Gasteiger partial charge in [-0.3, -0.25) is 9.69 Å². The molecule has 0 saturated heterocycles. The standard InChI is InChI=1S/C27H22FNO4/c1-17-4-2-3-5-19(17)15-32-22-12-6-18(7-13-22)23-14-25(30)29(21-10-8-20(28)9-11-21)24-16-33-27(31)26(23)24/h2-13,23H,14-16H2,1H3. The molecule has 0 saturated carbocycles. The minimum atomic E-state index is -0.422. The summed E-state index contributed by atoms with van der Waals surface area (Å²) < 4.78 is 24.6. The molecular formula is C27H22FNO4. The fourth-order valence-corrected chi connectivity index (χ4v) is 4.36. The number of cyclic esters (lactones) is 1. The molecule has 1 unspecified atom stereocenters. The number of benzene rings is 3. The summed E-state index contributed by atoms with van der Waals surface area (Å²) >= 11 is 0. The van der Waals surface area contributed by atoms with Crippen LogP contribution in [0.1, 0.15) is 29.0 Å². The summed E-state index contributed by atoms with van der Waals surface area (Å²) in [7, 11) is 0. The predicted molar refractivity (Wildman–Crippen MR) is 121 cm³/mol. The van der Waals surface area contributed by atoms with Crippen molar-refractivity contribution < 1.29 is 23.5 Å². The number of nitrogens with zero attached hydrogens (tertiary/aromatic N) is 1. The monoisotopic (exact) mass is 443 g/mol. The summed E-state index contributed by atoms with van der Waals surface area (Å²) in [5.41, 5.74) is 4.64. The van der Waals surface area contributed by atoms with Crippen molar-refractivity contribution in [1.29, 1.82) is 0 Å². The van der Waals surface area contributed by atoms with Crippen molar-refractivity contribution in [2.75, 3.05) is 11.5 Å². The Morgan fingerprint density at radius 2 is 1.73 bits per heavy atom. The SMILES string of the molecule is Cc1ccccc1COc1ccc(C2CC(=O)N(c3ccc(F)cc3)C3=C2C(=O)OC3)cc1. The Morgan fingerprint density at radius 1 is 1.00 bits per heavy atom. The van der Waals surface area contributed by atoms with Crippen LogP contribution in [-0.4, -0.2) is 18.5 Å². The Kier molecular flexibility index (Phi) is 5.42. The van der Waals surface area contributed by atoms with Crippen molar-refractivity contribution in [2.45, 2.75) is 25.9 Å². The third-order valence-corrected chi connectivity index (χ3v) is 6.14. The van der Waals surface area contributed by atoms with Crippen LogP contribution >= 0.6 is 0 Å². The van der Waals surface area contributed by atoms with Crippen LogP contribution < -0.4 is 9.64 Å². The highest BCUT2D eigenvalue weighted by atomic mass is 19.1. The van der Waals surface area contributed by atoms with Gasteiger partial charge in [-0.1, -0.05) is 36.4 Å². The minimum absolute atomic E-state index is 0.0193. The van der Waals surface area contributed by atoms with Crippen molar-refractivity contribution in [3.63, 3.8) is 0 Å². The Hall–Kier alpha value is -3.93. The van der Waals surface area contributed by atoms with Gasteiger partial charge in [0.15, 0.2) is 0 Å². The highest BCUT2D eigenvalue weighted by Gasteiger charge is 2.42. The molecule has 2 aliphatic heterocycles. The lowest BCUT2D eigenvalue weighted by atomic mass is 9.84. The number of halogens is 1. The second-order valence-electron chi connectivity index (χ2n) is 8.18. The van der Waals surface area contributed by atoms with Crippen LogP contribution in [0.25, 0.3) is 0 Å². The molecule has 5 nitrogen and oxygen atoms in total. The number of hydrogen-bond donors (Lipinski definition) is 0. The maximum absolute atomic E-state index is 13.4. The first kappa shape index (κ1) is 20.9. The maximum Gasteiger partial charge on any atom is 0.336 e. The molecule has 6 heteroatoms. The molecule has 3 aromatic rings. The average molecular weight is 443 g/mol. The van der Waals surface area contributed by atoms with Crippen LogP contribution in [0.15, 0.2) is 84.1 Å². The Labute approximate surface area is 191 Å². The van der Waals surface area contributed by atoms with Gasteiger partial charge in [0.1, 0.15) is 24.8 Å². The third-order valence-electron chi connectivity index (χ3n) is 6.14. The molecule has 0 aliphatic carbocycles. The number of esters is 1. The lowest BCUT2D eigenvalue weighted by Gasteiger charge is -2.31. The van der Waals surface area contributed by atoms with Crippen LogP contribution in [0.3, 0.4) is 0 Å². The molecule has 1 amide bonds. The van der Waals surface area contributed by atoms with E-state index in [1.54, 1.807) is 0 Å². The zero-order chi connectivity index (χ0) is 22.9. The van der Waals surface area contributed by atoms with Gasteiger partial charge in [-0.05, 0) is 60.0 Å². The van der Waals surface area contributed by atoms with Gasteiger partial charge in [0.25, 0.3) is 0 Å². The van der Waals surface area contributed by atoms with Gasteiger partial charge >= 0.3 is 5.97 Å². The van der Waals surface area contributed by atoms with Crippen molar-refractivity contribution >= 4 is 17.6 Å². The Bertz CT molecular complexity index is 1250. The number of hydrogen-bond acceptors (Lipinski definition) is 4. The first-order chi connectivity index (χ1) is 16.0. The van der Waals surface area contributed by atoms with Crippen molar-refractivity contribution in [2.24, 2.45) is 0 Å². The van der Waals surface area contributed by atoms with Crippen molar-refractivity contribution in [3.8, 4) is 5.75 Å². The third kappa shape index (κ3) is 4.00. The van der Waals surface area contributed by atoms with E-state index in [1.807, 2.05) is 55.5 Å². The second kappa shape index (κ2) is 8.54. The van der Waals surface area contributed by atoms with E-state index < -0.39 is 17.7 Å². The predicted octanol–water partition coefficient (Wildman–Crippen LogP) is 5.04. The Balaban J connectivity index is 1.40. The molecular weight excluding hydrogens is 421 g/mol. The molecule has 0 N–H and O–H groups in total. The first-order valence-electron chi connectivity index (χ1n) is 10.8. The van der Waals surface area contributed by atoms with Gasteiger partial charge in [-0.15, -0.1) is 0 Å². The fraction of sp³-hybridized carbons (Fsp3) is 0.185. The number of rotatable bonds is 5. The smallest absolute Gasteiger partial charge is 0.336 e. The van der Waals surface area contributed by atoms with Gasteiger partial charge in [0.2, 0.25) is 5.91 Å². The van der Waals surface area contributed by atoms with Crippen LogP contribution in [0, 0.1) is 12.7 Å². The summed E-state index contributed by atoms with van der Waals surface area (Å²) in [6.45, 7) is 2.52. The number of aryl methyl sites for hydroxylation is 1. The summed E-state index contributed by atoms with van der Waals surface area (Å²) in [4.78, 5) is 27.1. The molecule has 5 rings (SSSR count). The fourth-order valence-electron chi connectivity index (χ4n) is 4.36. The van der Waals surface area contributed by atoms with Gasteiger partial charge in [-0.25, -0.2) is 9.18 Å². The zero-order valence-corrected chi connectivity index (χ0v) is 18.1. The van der Waals surface area contributed by atoms with Crippen molar-refractivity contribution in [3.05, 3.63) is 107 Å². The summed E-state index contributed by atoms with van der Waals surface area (Å²) in [6.07, 6.45) is 0.120. The number of carbonyl (C=O) groups excluding carboxylic acids is 2. The molecule has 166 valence electrons. The van der Waals surface area contributed by atoms with Gasteiger partial charge in [-0.2, -0.15) is 0 Å². The van der Waals surface area contributed by atoms with E-state index in [-0.39, 0.29) is 18.9 Å². The zero-order valence-electron chi connectivity index (χ0n) is 18.1. The number of ether oxygens (including phenoxy) is 2. The van der Waals surface area contributed by atoms with Crippen LogP contribution in [-0.2, 0) is 20.9 Å². The molecule has 1 atom stereocenters. The van der Waals surface area contributed by atoms with Crippen LogP contribution in [0.4, 0.5) is 10.1 Å². The van der Waals surface area contributed by atoms with E-state index >= 15 is 0 Å². The van der Waals surface area contributed by atoms with E-state index in [2.05, 4.69) is 0 Å². The first-order valence-corrected chi connectivity index (χ1v) is 10.8. The topological polar surface area (TPSA) is 55.8 Å². The van der Waals surface area contributed by atoms with Gasteiger partial charge < -0.3 is 9.47 Å². The highest BCUT2D eigenvalue weighted by Crippen LogP contribution is 2.42. The molecule has 0 fully saturated rings. The maximum atomic E-state index is 13.4. The number of anilines is 1. The molecule has 0 aromatic heterocycles. The molecule has 3 aromatic carbocycles. The quantitative estimate of drug-likeness (QED) is 0.518. The lowest BCUT2D eigenvalue weighted by molar-refractivity contribution is -0.136. The largest absolute Gasteiger partial charge is 0.489 e. The van der Waals surface area contributed by atoms with E-state index in [0.717, 1.165) is 11.1 Å². The summed E-state index contributed by atoms with van der Waals surface area (Å²) in [5.74, 6) is -0.665. The summed E-state index contributed by atoms with van der Waals surface area (Å²) in [6, 6.07) is 21.2. The second-order valence-corrected chi connectivity index (χ2v) is 8.18. The number of amides is 1. The molecule has 2 heterocycles. The normalized spacial score (nSPS) is 17.8. The molecule has 33 heavy (non-hydrogen) atoms.